The fourth-order valence-electron chi connectivity index (χ4n) is 0.855. The Kier molecular flexibility index (Phi) is 2.97. The molecule has 0 radical (unpaired) electrons. The van der Waals surface area contributed by atoms with Crippen LogP contribution in [0.3, 0.4) is 0 Å². The van der Waals surface area contributed by atoms with Gasteiger partial charge in [0.15, 0.2) is 0 Å². The van der Waals surface area contributed by atoms with E-state index in [1.807, 2.05) is 0 Å². The minimum Gasteiger partial charge on any atom is -0.506 e. The highest BCUT2D eigenvalue weighted by atomic mass is 16.3. The summed E-state index contributed by atoms with van der Waals surface area (Å²) in [7, 11) is 0. The molecular formula is C10H10N2O2. The Morgan fingerprint density at radius 2 is 2.21 bits per heavy atom. The summed E-state index contributed by atoms with van der Waals surface area (Å²) in [6.45, 7) is 0. The number of amides is 1. The number of carbonyl (C=O) groups excluding carboxylic acids is 1. The molecule has 0 aliphatic carbocycles. The molecule has 0 saturated heterocycles. The molecule has 1 aromatic rings. The molecule has 0 aliphatic rings. The minimum atomic E-state index is -0.475. The number of anilines is 1. The van der Waals surface area contributed by atoms with Crippen molar-refractivity contribution in [3.05, 3.63) is 23.8 Å². The third kappa shape index (κ3) is 2.72. The lowest BCUT2D eigenvalue weighted by molar-refractivity contribution is -0.117. The van der Waals surface area contributed by atoms with E-state index in [0.717, 1.165) is 0 Å². The molecule has 0 saturated carbocycles. The first-order valence-electron chi connectivity index (χ1n) is 3.95. The second kappa shape index (κ2) is 4.19. The Balaban J connectivity index is 2.81. The van der Waals surface area contributed by atoms with E-state index in [-0.39, 0.29) is 12.2 Å². The van der Waals surface area contributed by atoms with Crippen molar-refractivity contribution in [1.82, 2.24) is 0 Å². The third-order valence-electron chi connectivity index (χ3n) is 1.53. The van der Waals surface area contributed by atoms with Gasteiger partial charge in [0, 0.05) is 5.56 Å². The molecule has 1 aromatic carbocycles. The summed E-state index contributed by atoms with van der Waals surface area (Å²) in [6, 6.07) is 4.63. The molecule has 0 bridgehead atoms. The van der Waals surface area contributed by atoms with Crippen molar-refractivity contribution in [2.45, 2.75) is 6.42 Å². The van der Waals surface area contributed by atoms with Crippen molar-refractivity contribution in [3.63, 3.8) is 0 Å². The number of aromatic hydroxyl groups is 1. The average molecular weight is 190 g/mol. The van der Waals surface area contributed by atoms with Gasteiger partial charge in [0.2, 0.25) is 5.91 Å². The van der Waals surface area contributed by atoms with Gasteiger partial charge in [0.05, 0.1) is 12.1 Å². The quantitative estimate of drug-likeness (QED) is 0.336. The van der Waals surface area contributed by atoms with Crippen molar-refractivity contribution in [2.75, 3.05) is 5.73 Å². The summed E-state index contributed by atoms with van der Waals surface area (Å²) in [5, 5.41) is 9.22. The maximum absolute atomic E-state index is 10.4. The Bertz CT molecular complexity index is 416. The van der Waals surface area contributed by atoms with Crippen LogP contribution in [0.1, 0.15) is 12.0 Å². The van der Waals surface area contributed by atoms with Crippen LogP contribution in [0.4, 0.5) is 5.69 Å². The van der Waals surface area contributed by atoms with Crippen LogP contribution in [0, 0.1) is 11.8 Å². The molecule has 0 atom stereocenters. The van der Waals surface area contributed by atoms with Gasteiger partial charge in [-0.05, 0) is 18.2 Å². The van der Waals surface area contributed by atoms with E-state index in [1.54, 1.807) is 12.1 Å². The van der Waals surface area contributed by atoms with E-state index in [2.05, 4.69) is 11.8 Å². The summed E-state index contributed by atoms with van der Waals surface area (Å²) in [4.78, 5) is 10.4. The Hall–Kier alpha value is -2.15. The van der Waals surface area contributed by atoms with Gasteiger partial charge in [0.1, 0.15) is 5.75 Å². The first kappa shape index (κ1) is 9.93. The lowest BCUT2D eigenvalue weighted by Crippen LogP contribution is -2.08. The molecule has 0 heterocycles. The van der Waals surface area contributed by atoms with E-state index >= 15 is 0 Å². The number of carbonyl (C=O) groups is 1. The molecule has 14 heavy (non-hydrogen) atoms. The van der Waals surface area contributed by atoms with Gasteiger partial charge in [-0.15, -0.1) is 0 Å². The summed E-state index contributed by atoms with van der Waals surface area (Å²) in [5.41, 5.74) is 11.2. The van der Waals surface area contributed by atoms with E-state index in [9.17, 15) is 9.90 Å². The third-order valence-corrected chi connectivity index (χ3v) is 1.53. The smallest absolute Gasteiger partial charge is 0.229 e. The largest absolute Gasteiger partial charge is 0.506 e. The number of phenolic OH excluding ortho intramolecular Hbond substituents is 1. The van der Waals surface area contributed by atoms with E-state index in [1.165, 1.54) is 6.07 Å². The lowest BCUT2D eigenvalue weighted by atomic mass is 10.2. The summed E-state index contributed by atoms with van der Waals surface area (Å²) < 4.78 is 0. The maximum atomic E-state index is 10.4. The van der Waals surface area contributed by atoms with Gasteiger partial charge < -0.3 is 16.6 Å². The average Bonchev–Trinajstić information content (AvgIpc) is 2.10. The molecular weight excluding hydrogens is 180 g/mol. The molecule has 1 rings (SSSR count). The highest BCUT2D eigenvalue weighted by Crippen LogP contribution is 2.19. The predicted octanol–water partition coefficient (Wildman–Crippen LogP) is 0.201. The molecule has 4 nitrogen and oxygen atoms in total. The van der Waals surface area contributed by atoms with Crippen LogP contribution in [0.15, 0.2) is 18.2 Å². The van der Waals surface area contributed by atoms with Crippen LogP contribution in [0.5, 0.6) is 5.75 Å². The first-order valence-corrected chi connectivity index (χ1v) is 3.95. The van der Waals surface area contributed by atoms with E-state index < -0.39 is 5.91 Å². The normalized spacial score (nSPS) is 8.86. The van der Waals surface area contributed by atoms with Crippen molar-refractivity contribution >= 4 is 11.6 Å². The number of primary amides is 1. The number of nitrogens with two attached hydrogens (primary N) is 2. The van der Waals surface area contributed by atoms with Gasteiger partial charge in [-0.3, -0.25) is 4.79 Å². The van der Waals surface area contributed by atoms with Crippen LogP contribution in [0.2, 0.25) is 0 Å². The zero-order valence-corrected chi connectivity index (χ0v) is 7.45. The second-order valence-corrected chi connectivity index (χ2v) is 2.72. The molecule has 1 amide bonds. The number of phenols is 1. The van der Waals surface area contributed by atoms with Gasteiger partial charge >= 0.3 is 0 Å². The van der Waals surface area contributed by atoms with E-state index in [0.29, 0.717) is 11.3 Å². The molecule has 0 fully saturated rings. The number of rotatable bonds is 1. The Morgan fingerprint density at radius 1 is 1.50 bits per heavy atom. The highest BCUT2D eigenvalue weighted by molar-refractivity contribution is 5.76. The highest BCUT2D eigenvalue weighted by Gasteiger charge is 1.95. The molecule has 72 valence electrons. The number of hydrogen-bond acceptors (Lipinski definition) is 3. The fourth-order valence-corrected chi connectivity index (χ4v) is 0.855. The van der Waals surface area contributed by atoms with Crippen molar-refractivity contribution in [1.29, 1.82) is 0 Å². The lowest BCUT2D eigenvalue weighted by Gasteiger charge is -1.97. The van der Waals surface area contributed by atoms with E-state index in [4.69, 9.17) is 11.5 Å². The van der Waals surface area contributed by atoms with Crippen LogP contribution >= 0.6 is 0 Å². The molecule has 5 N–H and O–H groups in total. The molecule has 4 heteroatoms. The SMILES string of the molecule is NC(=O)CC#Cc1ccc(N)c(O)c1. The monoisotopic (exact) mass is 190 g/mol. The van der Waals surface area contributed by atoms with Gasteiger partial charge in [-0.2, -0.15) is 0 Å². The molecule has 0 aromatic heterocycles. The maximum Gasteiger partial charge on any atom is 0.229 e. The number of nitrogen functional groups attached to an aromatic ring is 1. The molecule has 0 aliphatic heterocycles. The van der Waals surface area contributed by atoms with Crippen LogP contribution < -0.4 is 11.5 Å². The summed E-state index contributed by atoms with van der Waals surface area (Å²) in [6.07, 6.45) is 0.00510. The zero-order chi connectivity index (χ0) is 10.6. The Labute approximate surface area is 81.5 Å². The van der Waals surface area contributed by atoms with Crippen LogP contribution in [-0.2, 0) is 4.79 Å². The molecule has 0 spiro atoms. The van der Waals surface area contributed by atoms with Gasteiger partial charge in [-0.25, -0.2) is 0 Å². The number of hydrogen-bond donors (Lipinski definition) is 3. The van der Waals surface area contributed by atoms with Gasteiger partial charge in [-0.1, -0.05) is 11.8 Å². The van der Waals surface area contributed by atoms with Crippen molar-refractivity contribution < 1.29 is 9.90 Å². The number of benzene rings is 1. The van der Waals surface area contributed by atoms with Gasteiger partial charge in [0.25, 0.3) is 0 Å². The van der Waals surface area contributed by atoms with Crippen LogP contribution in [0.25, 0.3) is 0 Å². The Morgan fingerprint density at radius 3 is 2.79 bits per heavy atom. The zero-order valence-electron chi connectivity index (χ0n) is 7.45. The fraction of sp³-hybridized carbons (Fsp3) is 0.100. The second-order valence-electron chi connectivity index (χ2n) is 2.72. The van der Waals surface area contributed by atoms with Crippen molar-refractivity contribution in [3.8, 4) is 17.6 Å². The van der Waals surface area contributed by atoms with Crippen molar-refractivity contribution in [2.24, 2.45) is 5.73 Å². The predicted molar refractivity (Wildman–Crippen MR) is 53.2 cm³/mol. The summed E-state index contributed by atoms with van der Waals surface area (Å²) >= 11 is 0. The topological polar surface area (TPSA) is 89.3 Å². The standard InChI is InChI=1S/C10H10N2O2/c11-8-5-4-7(6-9(8)13)2-1-3-10(12)14/h4-6,13H,3,11H2,(H2,12,14). The summed E-state index contributed by atoms with van der Waals surface area (Å²) in [5.74, 6) is 4.76. The van der Waals surface area contributed by atoms with Crippen LogP contribution in [-0.4, -0.2) is 11.0 Å². The first-order chi connectivity index (χ1) is 6.59. The molecule has 0 unspecified atom stereocenters. The minimum absolute atomic E-state index is 0.00510.